The average Bonchev–Trinajstić information content (AvgIpc) is 3.45. The first-order valence-corrected chi connectivity index (χ1v) is 10.0. The summed E-state index contributed by atoms with van der Waals surface area (Å²) in [6.45, 7) is 0.587. The van der Waals surface area contributed by atoms with E-state index in [0.717, 1.165) is 42.3 Å². The maximum atomic E-state index is 13.4. The molecule has 0 radical (unpaired) electrons. The summed E-state index contributed by atoms with van der Waals surface area (Å²) >= 11 is 0. The molecule has 0 N–H and O–H groups in total. The lowest BCUT2D eigenvalue weighted by atomic mass is 10.1. The number of carbonyl (C=O) groups excluding carboxylic acids is 1. The van der Waals surface area contributed by atoms with Crippen LogP contribution in [0.1, 0.15) is 59.6 Å². The number of amides is 1. The Morgan fingerprint density at radius 2 is 2.04 bits per heavy atom. The van der Waals surface area contributed by atoms with Gasteiger partial charge in [0.1, 0.15) is 5.58 Å². The van der Waals surface area contributed by atoms with E-state index in [-0.39, 0.29) is 11.9 Å². The fourth-order valence-corrected chi connectivity index (χ4v) is 4.80. The van der Waals surface area contributed by atoms with E-state index in [1.54, 1.807) is 0 Å². The summed E-state index contributed by atoms with van der Waals surface area (Å²) in [6.07, 6.45) is 7.89. The Kier molecular flexibility index (Phi) is 4.03. The highest BCUT2D eigenvalue weighted by molar-refractivity contribution is 5.96. The standard InChI is InChI=1S/C22H25N3O2/c1-24-19-11-6-10-17(19)18(23-24)14-25(16-8-3-4-9-16)22(26)21-13-15-7-2-5-12-20(15)27-21/h2,5,7,12-13,16H,3-4,6,8-11,14H2,1H3. The van der Waals surface area contributed by atoms with Crippen molar-refractivity contribution in [2.75, 3.05) is 0 Å². The third-order valence-electron chi connectivity index (χ3n) is 6.18. The summed E-state index contributed by atoms with van der Waals surface area (Å²) < 4.78 is 7.90. The van der Waals surface area contributed by atoms with E-state index < -0.39 is 0 Å². The second kappa shape index (κ2) is 6.55. The lowest BCUT2D eigenvalue weighted by Crippen LogP contribution is -2.38. The average molecular weight is 363 g/mol. The number of fused-ring (bicyclic) bond motifs is 2. The Balaban J connectivity index is 1.49. The highest BCUT2D eigenvalue weighted by atomic mass is 16.3. The lowest BCUT2D eigenvalue weighted by Gasteiger charge is -2.28. The molecular formula is C22H25N3O2. The van der Waals surface area contributed by atoms with E-state index in [1.165, 1.54) is 30.5 Å². The summed E-state index contributed by atoms with van der Waals surface area (Å²) in [5, 5.41) is 5.73. The number of hydrogen-bond donors (Lipinski definition) is 0. The van der Waals surface area contributed by atoms with Crippen LogP contribution in [0, 0.1) is 0 Å². The van der Waals surface area contributed by atoms with Crippen molar-refractivity contribution in [2.24, 2.45) is 7.05 Å². The van der Waals surface area contributed by atoms with E-state index in [2.05, 4.69) is 0 Å². The first-order valence-electron chi connectivity index (χ1n) is 10.0. The van der Waals surface area contributed by atoms with Crippen LogP contribution in [0.4, 0.5) is 0 Å². The minimum Gasteiger partial charge on any atom is -0.451 e. The largest absolute Gasteiger partial charge is 0.451 e. The lowest BCUT2D eigenvalue weighted by molar-refractivity contribution is 0.0630. The smallest absolute Gasteiger partial charge is 0.290 e. The van der Waals surface area contributed by atoms with Crippen LogP contribution in [0.5, 0.6) is 0 Å². The van der Waals surface area contributed by atoms with Crippen LogP contribution in [0.15, 0.2) is 34.7 Å². The van der Waals surface area contributed by atoms with Gasteiger partial charge in [0, 0.05) is 24.2 Å². The Labute approximate surface area is 158 Å². The van der Waals surface area contributed by atoms with Crippen LogP contribution in [-0.4, -0.2) is 26.6 Å². The number of benzene rings is 1. The predicted molar refractivity (Wildman–Crippen MR) is 104 cm³/mol. The van der Waals surface area contributed by atoms with Crippen molar-refractivity contribution in [3.63, 3.8) is 0 Å². The van der Waals surface area contributed by atoms with E-state index in [4.69, 9.17) is 9.52 Å². The maximum absolute atomic E-state index is 13.4. The van der Waals surface area contributed by atoms with Crippen LogP contribution < -0.4 is 0 Å². The van der Waals surface area contributed by atoms with Crippen molar-refractivity contribution in [1.82, 2.24) is 14.7 Å². The van der Waals surface area contributed by atoms with Gasteiger partial charge in [-0.3, -0.25) is 9.48 Å². The number of rotatable bonds is 4. The molecule has 1 amide bonds. The van der Waals surface area contributed by atoms with Crippen molar-refractivity contribution in [1.29, 1.82) is 0 Å². The van der Waals surface area contributed by atoms with Crippen LogP contribution in [0.3, 0.4) is 0 Å². The van der Waals surface area contributed by atoms with Crippen LogP contribution in [0.2, 0.25) is 0 Å². The number of carbonyl (C=O) groups is 1. The van der Waals surface area contributed by atoms with Gasteiger partial charge >= 0.3 is 0 Å². The molecule has 5 rings (SSSR count). The zero-order valence-electron chi connectivity index (χ0n) is 15.8. The zero-order valence-corrected chi connectivity index (χ0v) is 15.8. The quantitative estimate of drug-likeness (QED) is 0.697. The molecule has 0 unspecified atom stereocenters. The van der Waals surface area contributed by atoms with Gasteiger partial charge in [-0.25, -0.2) is 0 Å². The van der Waals surface area contributed by atoms with E-state index >= 15 is 0 Å². The molecule has 0 saturated heterocycles. The van der Waals surface area contributed by atoms with Gasteiger partial charge < -0.3 is 9.32 Å². The SMILES string of the molecule is Cn1nc(CN(C(=O)c2cc3ccccc3o2)C2CCCC2)c2c1CCC2. The van der Waals surface area contributed by atoms with Crippen molar-refractivity contribution < 1.29 is 9.21 Å². The molecule has 2 aliphatic rings. The summed E-state index contributed by atoms with van der Waals surface area (Å²) in [4.78, 5) is 15.4. The molecule has 1 aromatic carbocycles. The van der Waals surface area contributed by atoms with Crippen LogP contribution in [-0.2, 0) is 26.4 Å². The molecule has 1 fully saturated rings. The fourth-order valence-electron chi connectivity index (χ4n) is 4.80. The molecule has 3 aromatic rings. The highest BCUT2D eigenvalue weighted by Crippen LogP contribution is 2.31. The van der Waals surface area contributed by atoms with Crippen LogP contribution >= 0.6 is 0 Å². The Bertz CT molecular complexity index is 961. The predicted octanol–water partition coefficient (Wildman–Crippen LogP) is 4.24. The van der Waals surface area contributed by atoms with Gasteiger partial charge in [-0.15, -0.1) is 0 Å². The molecule has 2 aromatic heterocycles. The number of nitrogens with zero attached hydrogens (tertiary/aromatic N) is 3. The molecule has 2 aliphatic carbocycles. The van der Waals surface area contributed by atoms with Crippen molar-refractivity contribution in [3.05, 3.63) is 53.0 Å². The van der Waals surface area contributed by atoms with E-state index in [1.807, 2.05) is 47.0 Å². The third-order valence-corrected chi connectivity index (χ3v) is 6.18. The molecule has 140 valence electrons. The number of aromatic nitrogens is 2. The molecule has 27 heavy (non-hydrogen) atoms. The van der Waals surface area contributed by atoms with Crippen molar-refractivity contribution in [3.8, 4) is 0 Å². The highest BCUT2D eigenvalue weighted by Gasteiger charge is 2.32. The maximum Gasteiger partial charge on any atom is 0.290 e. The Hall–Kier alpha value is -2.56. The fraction of sp³-hybridized carbons (Fsp3) is 0.455. The second-order valence-electron chi connectivity index (χ2n) is 7.87. The van der Waals surface area contributed by atoms with Gasteiger partial charge in [-0.1, -0.05) is 31.0 Å². The molecule has 1 saturated carbocycles. The Morgan fingerprint density at radius 1 is 1.22 bits per heavy atom. The minimum absolute atomic E-state index is 0.00417. The minimum atomic E-state index is -0.00417. The summed E-state index contributed by atoms with van der Waals surface area (Å²) in [6, 6.07) is 9.97. The number of aryl methyl sites for hydroxylation is 1. The molecular weight excluding hydrogens is 338 g/mol. The van der Waals surface area contributed by atoms with E-state index in [9.17, 15) is 4.79 Å². The van der Waals surface area contributed by atoms with Gasteiger partial charge in [-0.2, -0.15) is 5.10 Å². The third kappa shape index (κ3) is 2.85. The second-order valence-corrected chi connectivity index (χ2v) is 7.87. The first kappa shape index (κ1) is 16.6. The monoisotopic (exact) mass is 363 g/mol. The van der Waals surface area contributed by atoms with Crippen molar-refractivity contribution in [2.45, 2.75) is 57.5 Å². The van der Waals surface area contributed by atoms with Gasteiger partial charge in [-0.05, 0) is 49.8 Å². The van der Waals surface area contributed by atoms with Gasteiger partial charge in [0.15, 0.2) is 5.76 Å². The normalized spacial score (nSPS) is 16.9. The first-order chi connectivity index (χ1) is 13.2. The molecule has 5 heteroatoms. The van der Waals surface area contributed by atoms with E-state index in [0.29, 0.717) is 12.3 Å². The molecule has 5 nitrogen and oxygen atoms in total. The van der Waals surface area contributed by atoms with Gasteiger partial charge in [0.05, 0.1) is 12.2 Å². The number of furan rings is 1. The van der Waals surface area contributed by atoms with Gasteiger partial charge in [0.2, 0.25) is 0 Å². The molecule has 2 heterocycles. The molecule has 0 bridgehead atoms. The van der Waals surface area contributed by atoms with Crippen LogP contribution in [0.25, 0.3) is 11.0 Å². The number of hydrogen-bond acceptors (Lipinski definition) is 3. The molecule has 0 atom stereocenters. The number of para-hydroxylation sites is 1. The van der Waals surface area contributed by atoms with Gasteiger partial charge in [0.25, 0.3) is 5.91 Å². The molecule has 0 aliphatic heterocycles. The zero-order chi connectivity index (χ0) is 18.4. The summed E-state index contributed by atoms with van der Waals surface area (Å²) in [5.74, 6) is 0.436. The Morgan fingerprint density at radius 3 is 2.85 bits per heavy atom. The molecule has 0 spiro atoms. The topological polar surface area (TPSA) is 51.3 Å². The summed E-state index contributed by atoms with van der Waals surface area (Å²) in [7, 11) is 2.02. The van der Waals surface area contributed by atoms with Crippen molar-refractivity contribution >= 4 is 16.9 Å². The summed E-state index contributed by atoms with van der Waals surface area (Å²) in [5.41, 5.74) is 4.54.